The van der Waals surface area contributed by atoms with E-state index in [0.29, 0.717) is 27.8 Å². The van der Waals surface area contributed by atoms with Crippen molar-refractivity contribution in [1.82, 2.24) is 4.98 Å². The molecular formula is C18H15N3O4S. The van der Waals surface area contributed by atoms with E-state index in [9.17, 15) is 13.2 Å². The summed E-state index contributed by atoms with van der Waals surface area (Å²) >= 11 is 0. The normalized spacial score (nSPS) is 13.3. The van der Waals surface area contributed by atoms with Gasteiger partial charge in [0.05, 0.1) is 29.6 Å². The monoisotopic (exact) mass is 369 g/mol. The highest BCUT2D eigenvalue weighted by atomic mass is 32.2. The molecule has 0 atom stereocenters. The van der Waals surface area contributed by atoms with Crippen molar-refractivity contribution < 1.29 is 17.9 Å². The van der Waals surface area contributed by atoms with E-state index in [1.165, 1.54) is 24.3 Å². The number of sulfonamides is 1. The molecule has 0 spiro atoms. The first-order valence-corrected chi connectivity index (χ1v) is 9.28. The minimum absolute atomic E-state index is 0.0268. The molecule has 0 saturated carbocycles. The maximum Gasteiger partial charge on any atom is 0.265 e. The number of carbonyl (C=O) groups is 1. The lowest BCUT2D eigenvalue weighted by Crippen LogP contribution is -2.20. The zero-order chi connectivity index (χ0) is 18.5. The summed E-state index contributed by atoms with van der Waals surface area (Å²) in [7, 11) is -0.804. The zero-order valence-electron chi connectivity index (χ0n) is 14.1. The Labute approximate surface area is 150 Å². The lowest BCUT2D eigenvalue weighted by Gasteiger charge is -2.14. The highest BCUT2D eigenvalue weighted by Gasteiger charge is 2.29. The molecule has 1 amide bonds. The van der Waals surface area contributed by atoms with E-state index in [-0.39, 0.29) is 16.6 Å². The minimum Gasteiger partial charge on any atom is -0.495 e. The number of carbonyl (C=O) groups excluding carboxylic acids is 1. The van der Waals surface area contributed by atoms with Crippen molar-refractivity contribution in [3.05, 3.63) is 54.2 Å². The molecule has 0 radical (unpaired) electrons. The third-order valence-electron chi connectivity index (χ3n) is 4.37. The Balaban J connectivity index is 1.86. The summed E-state index contributed by atoms with van der Waals surface area (Å²) in [5.41, 5.74) is 1.94. The smallest absolute Gasteiger partial charge is 0.265 e. The van der Waals surface area contributed by atoms with Crippen LogP contribution in [0.15, 0.2) is 53.6 Å². The Hall–Kier alpha value is -3.13. The van der Waals surface area contributed by atoms with Gasteiger partial charge in [0.15, 0.2) is 0 Å². The molecule has 26 heavy (non-hydrogen) atoms. The Bertz CT molecular complexity index is 1160. The molecule has 7 nitrogen and oxygen atoms in total. The molecule has 1 aromatic heterocycles. The van der Waals surface area contributed by atoms with E-state index in [4.69, 9.17) is 4.74 Å². The van der Waals surface area contributed by atoms with Crippen LogP contribution in [-0.2, 0) is 10.0 Å². The first kappa shape index (κ1) is 16.3. The van der Waals surface area contributed by atoms with Gasteiger partial charge >= 0.3 is 0 Å². The predicted molar refractivity (Wildman–Crippen MR) is 98.3 cm³/mol. The number of benzene rings is 2. The van der Waals surface area contributed by atoms with Crippen LogP contribution in [0.5, 0.6) is 5.75 Å². The number of pyridine rings is 1. The fourth-order valence-corrected chi connectivity index (χ4v) is 4.36. The van der Waals surface area contributed by atoms with Crippen LogP contribution in [0.25, 0.3) is 10.9 Å². The van der Waals surface area contributed by atoms with Gasteiger partial charge in [0.2, 0.25) is 0 Å². The maximum absolute atomic E-state index is 12.8. The number of para-hydroxylation sites is 1. The van der Waals surface area contributed by atoms with Crippen LogP contribution in [-0.4, -0.2) is 33.5 Å². The van der Waals surface area contributed by atoms with E-state index in [1.54, 1.807) is 43.4 Å². The number of amides is 1. The molecule has 2 aromatic carbocycles. The molecule has 0 fully saturated rings. The van der Waals surface area contributed by atoms with Crippen LogP contribution in [0.4, 0.5) is 11.4 Å². The van der Waals surface area contributed by atoms with Crippen molar-refractivity contribution in [2.45, 2.75) is 4.90 Å². The summed E-state index contributed by atoms with van der Waals surface area (Å²) < 4.78 is 33.4. The number of ether oxygens (including phenoxy) is 1. The molecule has 0 unspecified atom stereocenters. The predicted octanol–water partition coefficient (Wildman–Crippen LogP) is 2.63. The fraction of sp³-hybridized carbons (Fsp3) is 0.111. The number of hydrogen-bond donors (Lipinski definition) is 1. The summed E-state index contributed by atoms with van der Waals surface area (Å²) in [5.74, 6) is 0.103. The first-order valence-electron chi connectivity index (χ1n) is 7.79. The average Bonchev–Trinajstić information content (AvgIpc) is 2.90. The fourth-order valence-electron chi connectivity index (χ4n) is 3.12. The van der Waals surface area contributed by atoms with Gasteiger partial charge in [0.25, 0.3) is 15.9 Å². The van der Waals surface area contributed by atoms with Gasteiger partial charge in [-0.2, -0.15) is 0 Å². The standard InChI is InChI=1S/C18H15N3O4S/c1-21-13-8-7-12(17-16(13)11(18(21)22)9-10-19-17)20-26(23,24)15-6-4-3-5-14(15)25-2/h3-10,20H,1-2H3. The molecular weight excluding hydrogens is 354 g/mol. The number of rotatable bonds is 4. The summed E-state index contributed by atoms with van der Waals surface area (Å²) in [4.78, 5) is 18.2. The molecule has 2 heterocycles. The Kier molecular flexibility index (Phi) is 3.58. The van der Waals surface area contributed by atoms with Gasteiger partial charge in [-0.05, 0) is 30.3 Å². The van der Waals surface area contributed by atoms with Gasteiger partial charge in [-0.15, -0.1) is 0 Å². The Morgan fingerprint density at radius 1 is 1.12 bits per heavy atom. The van der Waals surface area contributed by atoms with Crippen molar-refractivity contribution in [2.75, 3.05) is 23.8 Å². The van der Waals surface area contributed by atoms with E-state index >= 15 is 0 Å². The summed E-state index contributed by atoms with van der Waals surface area (Å²) in [5, 5.41) is 0.639. The van der Waals surface area contributed by atoms with Gasteiger partial charge in [-0.3, -0.25) is 14.5 Å². The van der Waals surface area contributed by atoms with Crippen LogP contribution in [0, 0.1) is 0 Å². The molecule has 3 aromatic rings. The number of methoxy groups -OCH3 is 1. The number of nitrogens with zero attached hydrogens (tertiary/aromatic N) is 2. The summed E-state index contributed by atoms with van der Waals surface area (Å²) in [6.45, 7) is 0. The molecule has 0 bridgehead atoms. The molecule has 0 saturated heterocycles. The van der Waals surface area contributed by atoms with Gasteiger partial charge in [0.1, 0.15) is 10.6 Å². The molecule has 4 rings (SSSR count). The largest absolute Gasteiger partial charge is 0.495 e. The number of anilines is 2. The minimum atomic E-state index is -3.89. The third-order valence-corrected chi connectivity index (χ3v) is 5.77. The lowest BCUT2D eigenvalue weighted by atomic mass is 10.1. The average molecular weight is 369 g/mol. The second kappa shape index (κ2) is 5.70. The third kappa shape index (κ3) is 2.30. The molecule has 132 valence electrons. The number of nitrogens with one attached hydrogen (secondary N) is 1. The van der Waals surface area contributed by atoms with Crippen molar-refractivity contribution in [3.63, 3.8) is 0 Å². The summed E-state index contributed by atoms with van der Waals surface area (Å²) in [6, 6.07) is 11.3. The zero-order valence-corrected chi connectivity index (χ0v) is 14.9. The SMILES string of the molecule is COc1ccccc1S(=O)(=O)Nc1ccc2c3c(ccnc13)C(=O)N2C. The first-order chi connectivity index (χ1) is 12.4. The second-order valence-corrected chi connectivity index (χ2v) is 7.49. The molecule has 1 aliphatic heterocycles. The van der Waals surface area contributed by atoms with Crippen molar-refractivity contribution in [2.24, 2.45) is 0 Å². The topological polar surface area (TPSA) is 88.6 Å². The highest BCUT2D eigenvalue weighted by molar-refractivity contribution is 7.92. The van der Waals surface area contributed by atoms with Crippen molar-refractivity contribution >= 4 is 38.2 Å². The molecule has 8 heteroatoms. The Morgan fingerprint density at radius 2 is 1.88 bits per heavy atom. The van der Waals surface area contributed by atoms with Gasteiger partial charge in [-0.25, -0.2) is 8.42 Å². The van der Waals surface area contributed by atoms with Crippen LogP contribution < -0.4 is 14.4 Å². The van der Waals surface area contributed by atoms with Crippen molar-refractivity contribution in [1.29, 1.82) is 0 Å². The van der Waals surface area contributed by atoms with Gasteiger partial charge in [-0.1, -0.05) is 12.1 Å². The van der Waals surface area contributed by atoms with Crippen LogP contribution in [0.2, 0.25) is 0 Å². The lowest BCUT2D eigenvalue weighted by molar-refractivity contribution is 0.0999. The van der Waals surface area contributed by atoms with Crippen LogP contribution in [0.1, 0.15) is 10.4 Å². The molecule has 1 aliphatic rings. The highest BCUT2D eigenvalue weighted by Crippen LogP contribution is 2.39. The van der Waals surface area contributed by atoms with Crippen molar-refractivity contribution in [3.8, 4) is 5.75 Å². The van der Waals surface area contributed by atoms with Gasteiger partial charge in [0, 0.05) is 18.6 Å². The van der Waals surface area contributed by atoms with E-state index in [2.05, 4.69) is 9.71 Å². The van der Waals surface area contributed by atoms with Gasteiger partial charge < -0.3 is 9.64 Å². The van der Waals surface area contributed by atoms with E-state index in [1.807, 2.05) is 0 Å². The summed E-state index contributed by atoms with van der Waals surface area (Å²) in [6.07, 6.45) is 1.50. The van der Waals surface area contributed by atoms with E-state index in [0.717, 1.165) is 0 Å². The maximum atomic E-state index is 12.8. The Morgan fingerprint density at radius 3 is 2.65 bits per heavy atom. The number of hydrogen-bond acceptors (Lipinski definition) is 5. The molecule has 1 N–H and O–H groups in total. The van der Waals surface area contributed by atoms with E-state index < -0.39 is 10.0 Å². The molecule has 0 aliphatic carbocycles. The van der Waals surface area contributed by atoms with Crippen LogP contribution >= 0.6 is 0 Å². The quantitative estimate of drug-likeness (QED) is 0.764. The second-order valence-electron chi connectivity index (χ2n) is 5.83. The van der Waals surface area contributed by atoms with Crippen LogP contribution in [0.3, 0.4) is 0 Å². The number of aromatic nitrogens is 1.